The van der Waals surface area contributed by atoms with Crippen LogP contribution < -0.4 is 20.4 Å². The molecule has 2 aromatic carbocycles. The second-order valence-electron chi connectivity index (χ2n) is 5.63. The predicted molar refractivity (Wildman–Crippen MR) is 103 cm³/mol. The van der Waals surface area contributed by atoms with Crippen molar-refractivity contribution in [1.29, 1.82) is 0 Å². The van der Waals surface area contributed by atoms with E-state index in [1.807, 2.05) is 0 Å². The molecule has 1 N–H and O–H groups in total. The smallest absolute Gasteiger partial charge is 0.349 e. The summed E-state index contributed by atoms with van der Waals surface area (Å²) in [5, 5.41) is 3.68. The van der Waals surface area contributed by atoms with Crippen LogP contribution in [0.1, 0.15) is 10.4 Å². The molecule has 8 heteroatoms. The zero-order valence-electron chi connectivity index (χ0n) is 14.4. The van der Waals surface area contributed by atoms with Gasteiger partial charge in [-0.05, 0) is 12.1 Å². The van der Waals surface area contributed by atoms with Crippen LogP contribution in [0.5, 0.6) is 11.5 Å². The third kappa shape index (κ3) is 3.11. The number of carbonyl (C=O) groups is 1. The average Bonchev–Trinajstić information content (AvgIpc) is 3.07. The van der Waals surface area contributed by atoms with Gasteiger partial charge in [0.25, 0.3) is 5.91 Å². The first-order valence-corrected chi connectivity index (χ1v) is 8.77. The van der Waals surface area contributed by atoms with E-state index in [4.69, 9.17) is 13.9 Å². The second kappa shape index (κ2) is 6.73. The van der Waals surface area contributed by atoms with Gasteiger partial charge in [0.2, 0.25) is 0 Å². The van der Waals surface area contributed by atoms with Crippen LogP contribution in [0.25, 0.3) is 21.2 Å². The molecule has 0 saturated carbocycles. The summed E-state index contributed by atoms with van der Waals surface area (Å²) in [6, 6.07) is 12.0. The monoisotopic (exact) mass is 382 g/mol. The Hall–Kier alpha value is -3.39. The largest absolute Gasteiger partial charge is 0.493 e. The Morgan fingerprint density at radius 3 is 2.63 bits per heavy atom. The number of nitrogens with one attached hydrogen (secondary N) is 1. The van der Waals surface area contributed by atoms with Gasteiger partial charge in [-0.1, -0.05) is 29.5 Å². The maximum absolute atomic E-state index is 12.5. The number of para-hydroxylation sites is 1. The fourth-order valence-corrected chi connectivity index (χ4v) is 3.56. The number of amides is 1. The summed E-state index contributed by atoms with van der Waals surface area (Å²) in [6.45, 7) is 0. The van der Waals surface area contributed by atoms with Gasteiger partial charge in [-0.3, -0.25) is 10.1 Å². The SMILES string of the molecule is COc1cc2nc(NC(=O)c3cc4ccccc4oc3=O)sc2cc1OC. The minimum Gasteiger partial charge on any atom is -0.493 e. The number of ether oxygens (including phenoxy) is 2. The first kappa shape index (κ1) is 17.0. The molecule has 0 bridgehead atoms. The number of aromatic nitrogens is 1. The Balaban J connectivity index is 1.68. The topological polar surface area (TPSA) is 90.7 Å². The number of methoxy groups -OCH3 is 2. The van der Waals surface area contributed by atoms with Gasteiger partial charge in [-0.2, -0.15) is 0 Å². The third-order valence-corrected chi connectivity index (χ3v) is 4.93. The quantitative estimate of drug-likeness (QED) is 0.542. The number of rotatable bonds is 4. The molecule has 0 aliphatic rings. The fourth-order valence-electron chi connectivity index (χ4n) is 2.69. The number of hydrogen-bond acceptors (Lipinski definition) is 7. The minimum atomic E-state index is -0.698. The third-order valence-electron chi connectivity index (χ3n) is 4.00. The second-order valence-corrected chi connectivity index (χ2v) is 6.66. The Morgan fingerprint density at radius 2 is 1.85 bits per heavy atom. The van der Waals surface area contributed by atoms with E-state index in [-0.39, 0.29) is 5.56 Å². The number of anilines is 1. The van der Waals surface area contributed by atoms with Gasteiger partial charge < -0.3 is 13.9 Å². The Morgan fingerprint density at radius 1 is 1.11 bits per heavy atom. The standard InChI is InChI=1S/C19H14N2O5S/c1-24-14-8-12-16(9-15(14)25-2)27-19(20-12)21-17(22)11-7-10-5-3-4-6-13(10)26-18(11)23/h3-9H,1-2H3,(H,20,21,22). The van der Waals surface area contributed by atoms with E-state index >= 15 is 0 Å². The van der Waals surface area contributed by atoms with Crippen LogP contribution >= 0.6 is 11.3 Å². The highest BCUT2D eigenvalue weighted by Gasteiger charge is 2.17. The molecule has 4 rings (SSSR count). The first-order chi connectivity index (χ1) is 13.1. The van der Waals surface area contributed by atoms with Gasteiger partial charge in [0.05, 0.1) is 24.4 Å². The summed E-state index contributed by atoms with van der Waals surface area (Å²) >= 11 is 1.27. The van der Waals surface area contributed by atoms with Crippen LogP contribution in [-0.2, 0) is 0 Å². The summed E-state index contributed by atoms with van der Waals surface area (Å²) in [5.74, 6) is 0.539. The summed E-state index contributed by atoms with van der Waals surface area (Å²) in [7, 11) is 3.09. The van der Waals surface area contributed by atoms with E-state index in [0.29, 0.717) is 33.1 Å². The molecule has 0 saturated heterocycles. The first-order valence-electron chi connectivity index (χ1n) is 7.96. The van der Waals surface area contributed by atoms with E-state index in [9.17, 15) is 9.59 Å². The van der Waals surface area contributed by atoms with Crippen molar-refractivity contribution in [2.75, 3.05) is 19.5 Å². The molecule has 0 radical (unpaired) electrons. The van der Waals surface area contributed by atoms with Crippen LogP contribution in [0, 0.1) is 0 Å². The van der Waals surface area contributed by atoms with E-state index < -0.39 is 11.5 Å². The highest BCUT2D eigenvalue weighted by atomic mass is 32.1. The highest BCUT2D eigenvalue weighted by Crippen LogP contribution is 2.36. The number of thiazole rings is 1. The Bertz CT molecular complexity index is 1190. The molecule has 1 amide bonds. The summed E-state index contributed by atoms with van der Waals surface area (Å²) in [4.78, 5) is 29.0. The molecule has 0 atom stereocenters. The minimum absolute atomic E-state index is 0.0804. The summed E-state index contributed by atoms with van der Waals surface area (Å²) < 4.78 is 16.6. The number of fused-ring (bicyclic) bond motifs is 2. The highest BCUT2D eigenvalue weighted by molar-refractivity contribution is 7.22. The number of carbonyl (C=O) groups excluding carboxylic acids is 1. The zero-order chi connectivity index (χ0) is 19.0. The molecule has 27 heavy (non-hydrogen) atoms. The van der Waals surface area contributed by atoms with E-state index in [1.54, 1.807) is 43.5 Å². The van der Waals surface area contributed by atoms with Crippen molar-refractivity contribution in [3.63, 3.8) is 0 Å². The van der Waals surface area contributed by atoms with Crippen molar-refractivity contribution < 1.29 is 18.7 Å². The van der Waals surface area contributed by atoms with Gasteiger partial charge in [0.1, 0.15) is 11.1 Å². The van der Waals surface area contributed by atoms with Crippen molar-refractivity contribution in [3.05, 3.63) is 58.4 Å². The van der Waals surface area contributed by atoms with Crippen molar-refractivity contribution in [2.45, 2.75) is 0 Å². The summed E-state index contributed by atoms with van der Waals surface area (Å²) in [5.41, 5.74) is 0.301. The normalized spacial score (nSPS) is 10.9. The van der Waals surface area contributed by atoms with Crippen LogP contribution in [0.3, 0.4) is 0 Å². The van der Waals surface area contributed by atoms with Crippen LogP contribution in [0.15, 0.2) is 51.7 Å². The lowest BCUT2D eigenvalue weighted by Gasteiger charge is -2.05. The van der Waals surface area contributed by atoms with E-state index in [2.05, 4.69) is 10.3 Å². The van der Waals surface area contributed by atoms with Crippen molar-refractivity contribution in [3.8, 4) is 11.5 Å². The van der Waals surface area contributed by atoms with E-state index in [1.165, 1.54) is 24.5 Å². The van der Waals surface area contributed by atoms with Gasteiger partial charge in [-0.15, -0.1) is 0 Å². The van der Waals surface area contributed by atoms with Gasteiger partial charge >= 0.3 is 5.63 Å². The van der Waals surface area contributed by atoms with Crippen molar-refractivity contribution in [1.82, 2.24) is 4.98 Å². The van der Waals surface area contributed by atoms with E-state index in [0.717, 1.165) is 4.70 Å². The molecule has 4 aromatic rings. The number of hydrogen-bond donors (Lipinski definition) is 1. The molecule has 0 fully saturated rings. The van der Waals surface area contributed by atoms with Crippen molar-refractivity contribution >= 4 is 43.6 Å². The van der Waals surface area contributed by atoms with Gasteiger partial charge in [0.15, 0.2) is 16.6 Å². The Kier molecular flexibility index (Phi) is 4.25. The maximum Gasteiger partial charge on any atom is 0.349 e. The van der Waals surface area contributed by atoms with Crippen LogP contribution in [-0.4, -0.2) is 25.1 Å². The zero-order valence-corrected chi connectivity index (χ0v) is 15.3. The van der Waals surface area contributed by atoms with Crippen LogP contribution in [0.2, 0.25) is 0 Å². The molecular formula is C19H14N2O5S. The molecule has 0 unspecified atom stereocenters. The van der Waals surface area contributed by atoms with Crippen molar-refractivity contribution in [2.24, 2.45) is 0 Å². The lowest BCUT2D eigenvalue weighted by molar-refractivity contribution is 0.102. The molecule has 0 aliphatic carbocycles. The molecule has 0 aliphatic heterocycles. The van der Waals surface area contributed by atoms with Gasteiger partial charge in [0, 0.05) is 17.5 Å². The fraction of sp³-hybridized carbons (Fsp3) is 0.105. The predicted octanol–water partition coefficient (Wildman–Crippen LogP) is 3.67. The van der Waals surface area contributed by atoms with Crippen LogP contribution in [0.4, 0.5) is 5.13 Å². The summed E-state index contributed by atoms with van der Waals surface area (Å²) in [6.07, 6.45) is 0. The molecular weight excluding hydrogens is 368 g/mol. The van der Waals surface area contributed by atoms with Gasteiger partial charge in [-0.25, -0.2) is 9.78 Å². The number of benzene rings is 2. The Labute approximate surface area is 157 Å². The molecule has 7 nitrogen and oxygen atoms in total. The number of nitrogens with zero attached hydrogens (tertiary/aromatic N) is 1. The molecule has 2 aromatic heterocycles. The lowest BCUT2D eigenvalue weighted by atomic mass is 10.2. The maximum atomic E-state index is 12.5. The lowest BCUT2D eigenvalue weighted by Crippen LogP contribution is -2.20. The average molecular weight is 382 g/mol. The molecule has 0 spiro atoms. The molecule has 2 heterocycles. The molecule has 136 valence electrons.